The highest BCUT2D eigenvalue weighted by atomic mass is 32.2. The molecule has 20 heavy (non-hydrogen) atoms. The molecule has 4 nitrogen and oxygen atoms in total. The van der Waals surface area contributed by atoms with Crippen molar-refractivity contribution in [2.75, 3.05) is 24.7 Å². The number of nitrogens with one attached hydrogen (secondary N) is 1. The Morgan fingerprint density at radius 2 is 2.15 bits per heavy atom. The third-order valence-electron chi connectivity index (χ3n) is 3.77. The Hall–Kier alpha value is -1.07. The third kappa shape index (κ3) is 3.52. The lowest BCUT2D eigenvalue weighted by atomic mass is 10.1. The molecule has 0 heterocycles. The molecule has 0 fully saturated rings. The Morgan fingerprint density at radius 1 is 1.35 bits per heavy atom. The van der Waals surface area contributed by atoms with E-state index in [1.807, 2.05) is 12.1 Å². The SMILES string of the molecule is CCNC1CCc2c(OCCS(=O)(=O)CC)cccc21. The minimum atomic E-state index is -2.96. The number of sulfone groups is 1. The van der Waals surface area contributed by atoms with Gasteiger partial charge < -0.3 is 10.1 Å². The summed E-state index contributed by atoms with van der Waals surface area (Å²) in [6.45, 7) is 4.95. The van der Waals surface area contributed by atoms with Crippen LogP contribution in [0.15, 0.2) is 18.2 Å². The minimum Gasteiger partial charge on any atom is -0.492 e. The monoisotopic (exact) mass is 297 g/mol. The van der Waals surface area contributed by atoms with E-state index in [-0.39, 0.29) is 18.1 Å². The van der Waals surface area contributed by atoms with Gasteiger partial charge in [-0.2, -0.15) is 0 Å². The van der Waals surface area contributed by atoms with Crippen molar-refractivity contribution in [3.63, 3.8) is 0 Å². The largest absolute Gasteiger partial charge is 0.492 e. The van der Waals surface area contributed by atoms with Gasteiger partial charge in [0.1, 0.15) is 12.4 Å². The summed E-state index contributed by atoms with van der Waals surface area (Å²) in [5.41, 5.74) is 2.52. The van der Waals surface area contributed by atoms with Crippen LogP contribution in [0.2, 0.25) is 0 Å². The molecule has 0 aromatic heterocycles. The molecule has 0 saturated heterocycles. The summed E-state index contributed by atoms with van der Waals surface area (Å²) in [6.07, 6.45) is 2.07. The lowest BCUT2D eigenvalue weighted by molar-refractivity contribution is 0.337. The van der Waals surface area contributed by atoms with E-state index in [0.717, 1.165) is 25.1 Å². The van der Waals surface area contributed by atoms with Gasteiger partial charge >= 0.3 is 0 Å². The Morgan fingerprint density at radius 3 is 2.85 bits per heavy atom. The molecule has 1 unspecified atom stereocenters. The Kier molecular flexibility index (Phi) is 5.05. The molecule has 1 atom stereocenters. The summed E-state index contributed by atoms with van der Waals surface area (Å²) in [5, 5.41) is 3.47. The predicted octanol–water partition coefficient (Wildman–Crippen LogP) is 2.10. The van der Waals surface area contributed by atoms with E-state index in [9.17, 15) is 8.42 Å². The second-order valence-electron chi connectivity index (χ2n) is 5.06. The average molecular weight is 297 g/mol. The fraction of sp³-hybridized carbons (Fsp3) is 0.600. The first kappa shape index (κ1) is 15.3. The highest BCUT2D eigenvalue weighted by Gasteiger charge is 2.24. The number of ether oxygens (including phenoxy) is 1. The molecule has 0 spiro atoms. The number of hydrogen-bond donors (Lipinski definition) is 1. The van der Waals surface area contributed by atoms with E-state index in [1.54, 1.807) is 6.92 Å². The molecule has 1 aliphatic rings. The van der Waals surface area contributed by atoms with Gasteiger partial charge in [0.05, 0.1) is 5.75 Å². The first-order valence-corrected chi connectivity index (χ1v) is 9.08. The molecule has 2 rings (SSSR count). The molecule has 1 N–H and O–H groups in total. The second-order valence-corrected chi connectivity index (χ2v) is 7.53. The summed E-state index contributed by atoms with van der Waals surface area (Å²) in [7, 11) is -2.96. The van der Waals surface area contributed by atoms with Gasteiger partial charge in [-0.3, -0.25) is 0 Å². The van der Waals surface area contributed by atoms with Gasteiger partial charge in [-0.15, -0.1) is 0 Å². The molecule has 112 valence electrons. The van der Waals surface area contributed by atoms with E-state index < -0.39 is 9.84 Å². The third-order valence-corrected chi connectivity index (χ3v) is 5.44. The lowest BCUT2D eigenvalue weighted by Crippen LogP contribution is -2.18. The molecule has 0 radical (unpaired) electrons. The molecular formula is C15H23NO3S. The van der Waals surface area contributed by atoms with Crippen LogP contribution in [0.3, 0.4) is 0 Å². The molecule has 0 aliphatic heterocycles. The molecule has 1 aromatic rings. The number of hydrogen-bond acceptors (Lipinski definition) is 4. The van der Waals surface area contributed by atoms with Crippen LogP contribution in [0, 0.1) is 0 Å². The van der Waals surface area contributed by atoms with E-state index in [4.69, 9.17) is 4.74 Å². The van der Waals surface area contributed by atoms with Gasteiger partial charge in [-0.05, 0) is 36.6 Å². The molecule has 0 saturated carbocycles. The maximum Gasteiger partial charge on any atom is 0.153 e. The fourth-order valence-corrected chi connectivity index (χ4v) is 3.26. The van der Waals surface area contributed by atoms with E-state index in [0.29, 0.717) is 6.04 Å². The number of rotatable bonds is 7. The van der Waals surface area contributed by atoms with Gasteiger partial charge in [-0.1, -0.05) is 26.0 Å². The van der Waals surface area contributed by atoms with Crippen LogP contribution < -0.4 is 10.1 Å². The van der Waals surface area contributed by atoms with Crippen LogP contribution in [0.1, 0.15) is 37.4 Å². The average Bonchev–Trinajstić information content (AvgIpc) is 2.84. The first-order valence-electron chi connectivity index (χ1n) is 7.25. The maximum absolute atomic E-state index is 11.5. The van der Waals surface area contributed by atoms with E-state index in [1.165, 1.54) is 11.1 Å². The second kappa shape index (κ2) is 6.59. The zero-order valence-electron chi connectivity index (χ0n) is 12.2. The fourth-order valence-electron chi connectivity index (χ4n) is 2.64. The van der Waals surface area contributed by atoms with Gasteiger partial charge in [0.2, 0.25) is 0 Å². The normalized spacial score (nSPS) is 18.0. The van der Waals surface area contributed by atoms with Crippen molar-refractivity contribution in [1.29, 1.82) is 0 Å². The maximum atomic E-state index is 11.5. The van der Waals surface area contributed by atoms with Crippen molar-refractivity contribution in [3.8, 4) is 5.75 Å². The highest BCUT2D eigenvalue weighted by Crippen LogP contribution is 2.36. The summed E-state index contributed by atoms with van der Waals surface area (Å²) >= 11 is 0. The predicted molar refractivity (Wildman–Crippen MR) is 81.0 cm³/mol. The van der Waals surface area contributed by atoms with E-state index in [2.05, 4.69) is 18.3 Å². The van der Waals surface area contributed by atoms with E-state index >= 15 is 0 Å². The molecule has 0 bridgehead atoms. The Balaban J connectivity index is 2.04. The summed E-state index contributed by atoms with van der Waals surface area (Å²) in [5.74, 6) is 1.10. The zero-order valence-corrected chi connectivity index (χ0v) is 13.0. The molecule has 0 amide bonds. The van der Waals surface area contributed by atoms with Crippen LogP contribution in [0.25, 0.3) is 0 Å². The Labute approximate surface area is 121 Å². The number of benzene rings is 1. The van der Waals surface area contributed by atoms with Crippen molar-refractivity contribution in [1.82, 2.24) is 5.32 Å². The van der Waals surface area contributed by atoms with Gasteiger partial charge in [0.25, 0.3) is 0 Å². The molecule has 1 aliphatic carbocycles. The van der Waals surface area contributed by atoms with Crippen molar-refractivity contribution in [3.05, 3.63) is 29.3 Å². The minimum absolute atomic E-state index is 0.0871. The van der Waals surface area contributed by atoms with Crippen LogP contribution in [0.4, 0.5) is 0 Å². The first-order chi connectivity index (χ1) is 9.57. The molecule has 5 heteroatoms. The van der Waals surface area contributed by atoms with Crippen molar-refractivity contribution < 1.29 is 13.2 Å². The van der Waals surface area contributed by atoms with Crippen molar-refractivity contribution >= 4 is 9.84 Å². The van der Waals surface area contributed by atoms with Crippen molar-refractivity contribution in [2.24, 2.45) is 0 Å². The van der Waals surface area contributed by atoms with Crippen LogP contribution in [-0.4, -0.2) is 33.1 Å². The quantitative estimate of drug-likeness (QED) is 0.837. The van der Waals surface area contributed by atoms with Gasteiger partial charge in [0.15, 0.2) is 9.84 Å². The van der Waals surface area contributed by atoms with Crippen LogP contribution in [0.5, 0.6) is 5.75 Å². The molecule has 1 aromatic carbocycles. The van der Waals surface area contributed by atoms with Crippen LogP contribution in [-0.2, 0) is 16.3 Å². The summed E-state index contributed by atoms with van der Waals surface area (Å²) in [6, 6.07) is 6.45. The summed E-state index contributed by atoms with van der Waals surface area (Å²) < 4.78 is 28.6. The van der Waals surface area contributed by atoms with Gasteiger partial charge in [0, 0.05) is 11.8 Å². The standard InChI is InChI=1S/C15H23NO3S/c1-3-16-14-9-8-13-12(14)6-5-7-15(13)19-10-11-20(17,18)4-2/h5-7,14,16H,3-4,8-11H2,1-2H3. The topological polar surface area (TPSA) is 55.4 Å². The van der Waals surface area contributed by atoms with Crippen molar-refractivity contribution in [2.45, 2.75) is 32.7 Å². The van der Waals surface area contributed by atoms with Gasteiger partial charge in [-0.25, -0.2) is 8.42 Å². The highest BCUT2D eigenvalue weighted by molar-refractivity contribution is 7.91. The lowest BCUT2D eigenvalue weighted by Gasteiger charge is -2.14. The number of fused-ring (bicyclic) bond motifs is 1. The zero-order chi connectivity index (χ0) is 14.6. The summed E-state index contributed by atoms with van der Waals surface area (Å²) in [4.78, 5) is 0. The molecular weight excluding hydrogens is 274 g/mol. The Bertz CT molecular complexity index is 554. The van der Waals surface area contributed by atoms with Crippen LogP contribution >= 0.6 is 0 Å². The smallest absolute Gasteiger partial charge is 0.153 e.